The Morgan fingerprint density at radius 3 is 2.62 bits per heavy atom. The standard InChI is InChI=1S/C14H21N3O4/c1-3-20-9-8-17(2)13(18)10-21-12-6-4-11(5-7-12)14(15)16-19/h4-7,19H,3,8-10H2,1-2H3,(H2,15,16). The second kappa shape index (κ2) is 8.80. The third kappa shape index (κ3) is 5.70. The van der Waals surface area contributed by atoms with Gasteiger partial charge >= 0.3 is 0 Å². The first-order valence-corrected chi connectivity index (χ1v) is 6.61. The summed E-state index contributed by atoms with van der Waals surface area (Å²) in [6, 6.07) is 6.60. The molecule has 7 heteroatoms. The highest BCUT2D eigenvalue weighted by Gasteiger charge is 2.09. The Hall–Kier alpha value is -2.28. The number of likely N-dealkylation sites (N-methyl/N-ethyl adjacent to an activating group) is 1. The van der Waals surface area contributed by atoms with Gasteiger partial charge in [-0.1, -0.05) is 5.16 Å². The summed E-state index contributed by atoms with van der Waals surface area (Å²) in [4.78, 5) is 13.4. The van der Waals surface area contributed by atoms with Crippen molar-refractivity contribution >= 4 is 11.7 Å². The minimum absolute atomic E-state index is 0.0216. The lowest BCUT2D eigenvalue weighted by molar-refractivity contribution is -0.132. The molecule has 0 radical (unpaired) electrons. The number of carbonyl (C=O) groups excluding carboxylic acids is 1. The molecule has 21 heavy (non-hydrogen) atoms. The van der Waals surface area contributed by atoms with Crippen molar-refractivity contribution in [2.24, 2.45) is 10.9 Å². The van der Waals surface area contributed by atoms with E-state index < -0.39 is 0 Å². The lowest BCUT2D eigenvalue weighted by Crippen LogP contribution is -2.34. The molecule has 0 spiro atoms. The normalized spacial score (nSPS) is 11.2. The molecule has 0 fully saturated rings. The summed E-state index contributed by atoms with van der Waals surface area (Å²) < 4.78 is 10.6. The predicted octanol–water partition coefficient (Wildman–Crippen LogP) is 0.655. The van der Waals surface area contributed by atoms with Crippen LogP contribution in [0.2, 0.25) is 0 Å². The first-order valence-electron chi connectivity index (χ1n) is 6.61. The van der Waals surface area contributed by atoms with Crippen molar-refractivity contribution in [2.75, 3.05) is 33.4 Å². The Labute approximate surface area is 123 Å². The van der Waals surface area contributed by atoms with Crippen molar-refractivity contribution in [1.29, 1.82) is 0 Å². The molecular formula is C14H21N3O4. The molecule has 0 bridgehead atoms. The molecule has 0 saturated carbocycles. The van der Waals surface area contributed by atoms with Crippen LogP contribution in [0.15, 0.2) is 29.4 Å². The van der Waals surface area contributed by atoms with E-state index in [2.05, 4.69) is 5.16 Å². The van der Waals surface area contributed by atoms with E-state index in [9.17, 15) is 4.79 Å². The van der Waals surface area contributed by atoms with E-state index in [-0.39, 0.29) is 18.3 Å². The summed E-state index contributed by atoms with van der Waals surface area (Å²) in [5.41, 5.74) is 6.02. The largest absolute Gasteiger partial charge is 0.484 e. The molecule has 1 aromatic carbocycles. The molecule has 0 aromatic heterocycles. The number of oxime groups is 1. The number of nitrogens with zero attached hydrogens (tertiary/aromatic N) is 2. The van der Waals surface area contributed by atoms with Gasteiger partial charge < -0.3 is 25.3 Å². The van der Waals surface area contributed by atoms with Gasteiger partial charge in [0.1, 0.15) is 5.75 Å². The van der Waals surface area contributed by atoms with E-state index >= 15 is 0 Å². The molecule has 1 rings (SSSR count). The van der Waals surface area contributed by atoms with Crippen LogP contribution in [0.1, 0.15) is 12.5 Å². The van der Waals surface area contributed by atoms with Gasteiger partial charge in [0.25, 0.3) is 5.91 Å². The van der Waals surface area contributed by atoms with E-state index in [1.165, 1.54) is 0 Å². The van der Waals surface area contributed by atoms with Gasteiger partial charge in [-0.25, -0.2) is 0 Å². The zero-order valence-corrected chi connectivity index (χ0v) is 12.3. The number of nitrogens with two attached hydrogens (primary N) is 1. The smallest absolute Gasteiger partial charge is 0.260 e. The van der Waals surface area contributed by atoms with Crippen molar-refractivity contribution < 1.29 is 19.5 Å². The third-order valence-corrected chi connectivity index (χ3v) is 2.82. The second-order valence-corrected chi connectivity index (χ2v) is 4.31. The van der Waals surface area contributed by atoms with Gasteiger partial charge in [-0.05, 0) is 31.2 Å². The Balaban J connectivity index is 2.42. The van der Waals surface area contributed by atoms with Crippen LogP contribution in [0.3, 0.4) is 0 Å². The molecule has 0 aliphatic heterocycles. The minimum Gasteiger partial charge on any atom is -0.484 e. The zero-order chi connectivity index (χ0) is 15.7. The fraction of sp³-hybridized carbons (Fsp3) is 0.429. The van der Waals surface area contributed by atoms with Crippen LogP contribution in [0.25, 0.3) is 0 Å². The monoisotopic (exact) mass is 295 g/mol. The molecular weight excluding hydrogens is 274 g/mol. The maximum Gasteiger partial charge on any atom is 0.260 e. The van der Waals surface area contributed by atoms with Crippen LogP contribution in [-0.4, -0.2) is 55.3 Å². The van der Waals surface area contributed by atoms with Gasteiger partial charge in [-0.3, -0.25) is 4.79 Å². The molecule has 1 aromatic rings. The lowest BCUT2D eigenvalue weighted by atomic mass is 10.2. The number of hydrogen-bond acceptors (Lipinski definition) is 5. The highest BCUT2D eigenvalue weighted by atomic mass is 16.5. The summed E-state index contributed by atoms with van der Waals surface area (Å²) in [7, 11) is 1.70. The molecule has 3 N–H and O–H groups in total. The molecule has 0 aliphatic carbocycles. The molecule has 0 unspecified atom stereocenters. The summed E-state index contributed by atoms with van der Waals surface area (Å²) in [6.45, 7) is 3.52. The summed E-state index contributed by atoms with van der Waals surface area (Å²) >= 11 is 0. The minimum atomic E-state index is -0.129. The number of amides is 1. The quantitative estimate of drug-likeness (QED) is 0.241. The summed E-state index contributed by atoms with van der Waals surface area (Å²) in [6.07, 6.45) is 0. The van der Waals surface area contributed by atoms with Crippen molar-refractivity contribution in [2.45, 2.75) is 6.92 Å². The number of benzene rings is 1. The molecule has 0 saturated heterocycles. The van der Waals surface area contributed by atoms with Gasteiger partial charge in [-0.2, -0.15) is 0 Å². The molecule has 0 heterocycles. The van der Waals surface area contributed by atoms with Crippen LogP contribution < -0.4 is 10.5 Å². The van der Waals surface area contributed by atoms with Crippen LogP contribution in [-0.2, 0) is 9.53 Å². The van der Waals surface area contributed by atoms with Gasteiger partial charge in [0.2, 0.25) is 0 Å². The van der Waals surface area contributed by atoms with E-state index in [0.29, 0.717) is 31.1 Å². The van der Waals surface area contributed by atoms with E-state index in [1.807, 2.05) is 6.92 Å². The van der Waals surface area contributed by atoms with Gasteiger partial charge in [-0.15, -0.1) is 0 Å². The summed E-state index contributed by atoms with van der Waals surface area (Å²) in [5.74, 6) is 0.430. The highest BCUT2D eigenvalue weighted by molar-refractivity contribution is 5.97. The average Bonchev–Trinajstić information content (AvgIpc) is 2.52. The fourth-order valence-electron chi connectivity index (χ4n) is 1.51. The van der Waals surface area contributed by atoms with Crippen LogP contribution in [0.5, 0.6) is 5.75 Å². The van der Waals surface area contributed by atoms with E-state index in [0.717, 1.165) is 0 Å². The Kier molecular flexibility index (Phi) is 7.03. The number of carbonyl (C=O) groups is 1. The predicted molar refractivity (Wildman–Crippen MR) is 78.6 cm³/mol. The molecule has 7 nitrogen and oxygen atoms in total. The van der Waals surface area contributed by atoms with Crippen molar-refractivity contribution in [1.82, 2.24) is 4.90 Å². The number of amidine groups is 1. The van der Waals surface area contributed by atoms with Gasteiger partial charge in [0.05, 0.1) is 6.61 Å². The van der Waals surface area contributed by atoms with Gasteiger partial charge in [0.15, 0.2) is 12.4 Å². The second-order valence-electron chi connectivity index (χ2n) is 4.31. The lowest BCUT2D eigenvalue weighted by Gasteiger charge is -2.17. The van der Waals surface area contributed by atoms with Crippen molar-refractivity contribution in [3.8, 4) is 5.75 Å². The Morgan fingerprint density at radius 2 is 2.05 bits per heavy atom. The van der Waals surface area contributed by atoms with E-state index in [1.54, 1.807) is 36.2 Å². The molecule has 0 aliphatic rings. The zero-order valence-electron chi connectivity index (χ0n) is 12.3. The summed E-state index contributed by atoms with van der Waals surface area (Å²) in [5, 5.41) is 11.5. The molecule has 1 amide bonds. The molecule has 116 valence electrons. The maximum atomic E-state index is 11.8. The fourth-order valence-corrected chi connectivity index (χ4v) is 1.51. The maximum absolute atomic E-state index is 11.8. The van der Waals surface area contributed by atoms with Gasteiger partial charge in [0, 0.05) is 25.8 Å². The number of ether oxygens (including phenoxy) is 2. The van der Waals surface area contributed by atoms with E-state index in [4.69, 9.17) is 20.4 Å². The molecule has 0 atom stereocenters. The SMILES string of the molecule is CCOCCN(C)C(=O)COc1ccc(/C(N)=N/O)cc1. The van der Waals surface area contributed by atoms with Crippen LogP contribution in [0, 0.1) is 0 Å². The third-order valence-electron chi connectivity index (χ3n) is 2.82. The number of hydrogen-bond donors (Lipinski definition) is 2. The van der Waals surface area contributed by atoms with Crippen molar-refractivity contribution in [3.63, 3.8) is 0 Å². The van der Waals surface area contributed by atoms with Crippen LogP contribution >= 0.6 is 0 Å². The first kappa shape index (κ1) is 16.8. The Morgan fingerprint density at radius 1 is 1.38 bits per heavy atom. The van der Waals surface area contributed by atoms with Crippen LogP contribution in [0.4, 0.5) is 0 Å². The average molecular weight is 295 g/mol. The highest BCUT2D eigenvalue weighted by Crippen LogP contribution is 2.12. The first-order chi connectivity index (χ1) is 10.1. The van der Waals surface area contributed by atoms with Crippen molar-refractivity contribution in [3.05, 3.63) is 29.8 Å². The number of rotatable bonds is 8. The topological polar surface area (TPSA) is 97.4 Å². The Bertz CT molecular complexity index is 474.